The van der Waals surface area contributed by atoms with Gasteiger partial charge in [0.1, 0.15) is 5.01 Å². The molecule has 1 fully saturated rings. The van der Waals surface area contributed by atoms with Crippen LogP contribution in [0.15, 0.2) is 40.4 Å². The van der Waals surface area contributed by atoms with Crippen molar-refractivity contribution in [2.24, 2.45) is 4.99 Å². The fourth-order valence-corrected chi connectivity index (χ4v) is 3.50. The monoisotopic (exact) mass is 354 g/mol. The molecular weight excluding hydrogens is 344 g/mol. The zero-order chi connectivity index (χ0) is 16.5. The molecule has 1 aromatic carbocycles. The van der Waals surface area contributed by atoms with Crippen molar-refractivity contribution in [3.8, 4) is 0 Å². The van der Waals surface area contributed by atoms with E-state index in [1.54, 1.807) is 12.3 Å². The Morgan fingerprint density at radius 3 is 2.83 bits per heavy atom. The van der Waals surface area contributed by atoms with Gasteiger partial charge in [-0.2, -0.15) is 4.99 Å². The van der Waals surface area contributed by atoms with Crippen molar-refractivity contribution in [3.05, 3.63) is 46.1 Å². The number of aliphatic imine (C=N–C) groups is 1. The van der Waals surface area contributed by atoms with Crippen molar-refractivity contribution in [3.63, 3.8) is 0 Å². The minimum Gasteiger partial charge on any atom is -0.300 e. The molecule has 3 heterocycles. The van der Waals surface area contributed by atoms with E-state index in [1.807, 2.05) is 31.2 Å². The van der Waals surface area contributed by atoms with E-state index >= 15 is 0 Å². The summed E-state index contributed by atoms with van der Waals surface area (Å²) in [5, 5.41) is 12.4. The maximum absolute atomic E-state index is 12.1. The van der Waals surface area contributed by atoms with Gasteiger partial charge in [0.05, 0.1) is 27.8 Å². The van der Waals surface area contributed by atoms with Crippen LogP contribution in [0.4, 0.5) is 5.13 Å². The third kappa shape index (κ3) is 3.03. The normalized spacial score (nSPS) is 17.8. The van der Waals surface area contributed by atoms with Crippen LogP contribution in [0.25, 0.3) is 17.1 Å². The van der Waals surface area contributed by atoms with E-state index < -0.39 is 0 Å². The maximum Gasteiger partial charge on any atom is 0.264 e. The molecule has 0 atom stereocenters. The second-order valence-electron chi connectivity index (χ2n) is 4.87. The molecule has 9 heteroatoms. The Kier molecular flexibility index (Phi) is 3.79. The molecule has 2 aromatic heterocycles. The molecule has 1 amide bonds. The van der Waals surface area contributed by atoms with Crippen LogP contribution in [0.5, 0.6) is 0 Å². The fourth-order valence-electron chi connectivity index (χ4n) is 2.07. The number of benzene rings is 1. The average molecular weight is 354 g/mol. The number of rotatable bonds is 2. The van der Waals surface area contributed by atoms with Crippen molar-refractivity contribution >= 4 is 56.4 Å². The summed E-state index contributed by atoms with van der Waals surface area (Å²) in [6.45, 7) is 1.85. The lowest BCUT2D eigenvalue weighted by Gasteiger charge is -1.98. The number of amides is 1. The van der Waals surface area contributed by atoms with Gasteiger partial charge in [0, 0.05) is 0 Å². The minimum absolute atomic E-state index is 0.213. The number of aryl methyl sites for hydroxylation is 1. The molecule has 1 N–H and O–H groups in total. The Morgan fingerprint density at radius 1 is 1.21 bits per heavy atom. The number of thioether (sulfide) groups is 1. The van der Waals surface area contributed by atoms with Gasteiger partial charge in [-0.15, -0.1) is 10.2 Å². The van der Waals surface area contributed by atoms with Gasteiger partial charge in [-0.3, -0.25) is 9.78 Å². The standard InChI is InChI=1S/C15H10N6OS2/c1-8-20-21-15(23-8)19-14-18-13(22)12(24-14)6-9-7-16-10-4-2-3-5-11(10)17-9/h2-7H,1H3,(H,18,19,21,22)/b12-6-. The van der Waals surface area contributed by atoms with Gasteiger partial charge < -0.3 is 5.32 Å². The minimum atomic E-state index is -0.213. The lowest BCUT2D eigenvalue weighted by Crippen LogP contribution is -2.19. The number of carbonyl (C=O) groups is 1. The average Bonchev–Trinajstić information content (AvgIpc) is 3.13. The second kappa shape index (κ2) is 6.10. The molecule has 0 spiro atoms. The highest BCUT2D eigenvalue weighted by atomic mass is 32.2. The van der Waals surface area contributed by atoms with Gasteiger partial charge in [0.2, 0.25) is 5.13 Å². The first-order chi connectivity index (χ1) is 11.7. The van der Waals surface area contributed by atoms with Crippen molar-refractivity contribution in [2.45, 2.75) is 6.92 Å². The summed E-state index contributed by atoms with van der Waals surface area (Å²) in [6.07, 6.45) is 3.35. The molecular formula is C15H10N6OS2. The Morgan fingerprint density at radius 2 is 2.04 bits per heavy atom. The van der Waals surface area contributed by atoms with Crippen molar-refractivity contribution in [1.82, 2.24) is 25.5 Å². The molecule has 0 saturated carbocycles. The number of hydrogen-bond donors (Lipinski definition) is 1. The predicted molar refractivity (Wildman–Crippen MR) is 95.0 cm³/mol. The molecule has 0 aliphatic carbocycles. The summed E-state index contributed by atoms with van der Waals surface area (Å²) in [5.41, 5.74) is 2.23. The number of nitrogens with zero attached hydrogens (tertiary/aromatic N) is 5. The molecule has 1 aliphatic rings. The Hall–Kier alpha value is -2.65. The Labute approximate surface area is 145 Å². The first-order valence-corrected chi connectivity index (χ1v) is 8.62. The Balaban J connectivity index is 1.62. The quantitative estimate of drug-likeness (QED) is 0.711. The summed E-state index contributed by atoms with van der Waals surface area (Å²) in [4.78, 5) is 25.7. The summed E-state index contributed by atoms with van der Waals surface area (Å²) in [7, 11) is 0. The highest BCUT2D eigenvalue weighted by Crippen LogP contribution is 2.28. The highest BCUT2D eigenvalue weighted by molar-refractivity contribution is 8.18. The van der Waals surface area contributed by atoms with Gasteiger partial charge >= 0.3 is 0 Å². The molecule has 0 bridgehead atoms. The van der Waals surface area contributed by atoms with E-state index in [2.05, 4.69) is 30.5 Å². The summed E-state index contributed by atoms with van der Waals surface area (Å²) in [6, 6.07) is 7.59. The molecule has 1 saturated heterocycles. The first-order valence-electron chi connectivity index (χ1n) is 6.99. The van der Waals surface area contributed by atoms with E-state index in [0.717, 1.165) is 16.0 Å². The van der Waals surface area contributed by atoms with Crippen molar-refractivity contribution in [2.75, 3.05) is 0 Å². The number of amidine groups is 1. The third-order valence-corrected chi connectivity index (χ3v) is 4.75. The van der Waals surface area contributed by atoms with Gasteiger partial charge in [0.15, 0.2) is 5.17 Å². The molecule has 24 heavy (non-hydrogen) atoms. The largest absolute Gasteiger partial charge is 0.300 e. The maximum atomic E-state index is 12.1. The van der Waals surface area contributed by atoms with Crippen molar-refractivity contribution in [1.29, 1.82) is 0 Å². The number of hydrogen-bond acceptors (Lipinski definition) is 8. The topological polar surface area (TPSA) is 93.0 Å². The zero-order valence-electron chi connectivity index (χ0n) is 12.4. The van der Waals surface area contributed by atoms with E-state index in [4.69, 9.17) is 0 Å². The van der Waals surface area contributed by atoms with Gasteiger partial charge in [0.25, 0.3) is 5.91 Å². The molecule has 0 radical (unpaired) electrons. The third-order valence-electron chi connectivity index (χ3n) is 3.11. The second-order valence-corrected chi connectivity index (χ2v) is 7.06. The lowest BCUT2D eigenvalue weighted by atomic mass is 10.3. The SMILES string of the molecule is Cc1nnc(/N=C2\NC(=O)/C(=C/c3cnc4ccccc4n3)S2)s1. The van der Waals surface area contributed by atoms with E-state index in [-0.39, 0.29) is 5.91 Å². The van der Waals surface area contributed by atoms with Crippen LogP contribution < -0.4 is 5.32 Å². The smallest absolute Gasteiger partial charge is 0.264 e. The lowest BCUT2D eigenvalue weighted by molar-refractivity contribution is -0.115. The van der Waals surface area contributed by atoms with E-state index in [9.17, 15) is 4.79 Å². The summed E-state index contributed by atoms with van der Waals surface area (Å²) in [5.74, 6) is -0.213. The van der Waals surface area contributed by atoms with Gasteiger partial charge in [-0.1, -0.05) is 23.5 Å². The van der Waals surface area contributed by atoms with Crippen LogP contribution in [0.3, 0.4) is 0 Å². The summed E-state index contributed by atoms with van der Waals surface area (Å²) >= 11 is 2.61. The highest BCUT2D eigenvalue weighted by Gasteiger charge is 2.24. The van der Waals surface area contributed by atoms with Crippen LogP contribution in [0.2, 0.25) is 0 Å². The van der Waals surface area contributed by atoms with Crippen LogP contribution in [0.1, 0.15) is 10.7 Å². The number of fused-ring (bicyclic) bond motifs is 1. The molecule has 118 valence electrons. The predicted octanol–water partition coefficient (Wildman–Crippen LogP) is 2.68. The number of nitrogens with one attached hydrogen (secondary N) is 1. The molecule has 3 aromatic rings. The van der Waals surface area contributed by atoms with Crippen molar-refractivity contribution < 1.29 is 4.79 Å². The van der Waals surface area contributed by atoms with Crippen LogP contribution in [-0.2, 0) is 4.79 Å². The zero-order valence-corrected chi connectivity index (χ0v) is 14.1. The van der Waals surface area contributed by atoms with Crippen LogP contribution in [0, 0.1) is 6.92 Å². The summed E-state index contributed by atoms with van der Waals surface area (Å²) < 4.78 is 0. The number of carbonyl (C=O) groups excluding carboxylic acids is 1. The molecule has 1 aliphatic heterocycles. The molecule has 7 nitrogen and oxygen atoms in total. The van der Waals surface area contributed by atoms with E-state index in [0.29, 0.717) is 20.9 Å². The fraction of sp³-hybridized carbons (Fsp3) is 0.0667. The molecule has 4 rings (SSSR count). The van der Waals surface area contributed by atoms with Crippen LogP contribution >= 0.6 is 23.1 Å². The van der Waals surface area contributed by atoms with Gasteiger partial charge in [-0.25, -0.2) is 4.98 Å². The first kappa shape index (κ1) is 14.9. The number of para-hydroxylation sites is 2. The number of aromatic nitrogens is 4. The molecule has 0 unspecified atom stereocenters. The Bertz CT molecular complexity index is 1010. The van der Waals surface area contributed by atoms with Gasteiger partial charge in [-0.05, 0) is 36.9 Å². The van der Waals surface area contributed by atoms with E-state index in [1.165, 1.54) is 23.1 Å². The van der Waals surface area contributed by atoms with Crippen LogP contribution in [-0.4, -0.2) is 31.2 Å².